The number of nitrogens with zero attached hydrogens (tertiary/aromatic N) is 1. The molecule has 1 aromatic rings. The van der Waals surface area contributed by atoms with Crippen molar-refractivity contribution in [2.45, 2.75) is 127 Å². The molecule has 5 aliphatic carbocycles. The molecular formula is C35H50ClNO7. The van der Waals surface area contributed by atoms with Crippen LogP contribution in [0.5, 0.6) is 11.5 Å². The van der Waals surface area contributed by atoms with Gasteiger partial charge in [0.25, 0.3) is 0 Å². The van der Waals surface area contributed by atoms with E-state index < -0.39 is 17.2 Å². The second-order valence-electron chi connectivity index (χ2n) is 15.8. The van der Waals surface area contributed by atoms with E-state index in [1.807, 2.05) is 13.0 Å². The topological polar surface area (TPSA) is 106 Å². The number of halogens is 1. The maximum absolute atomic E-state index is 13.0. The molecule has 4 bridgehead atoms. The number of unbranched alkanes of at least 4 members (excludes halogenated alkanes) is 1. The lowest BCUT2D eigenvalue weighted by molar-refractivity contribution is -0.312. The largest absolute Gasteiger partial charge is 0.482 e. The molecule has 4 saturated carbocycles. The fraction of sp³-hybridized carbons (Fsp3) is 0.771. The lowest BCUT2D eigenvalue weighted by Crippen LogP contribution is -2.83. The van der Waals surface area contributed by atoms with Crippen molar-refractivity contribution < 1.29 is 34.0 Å². The Morgan fingerprint density at radius 2 is 1.82 bits per heavy atom. The van der Waals surface area contributed by atoms with E-state index in [1.165, 1.54) is 24.0 Å². The molecule has 0 radical (unpaired) electrons. The molecule has 2 heterocycles. The first-order chi connectivity index (χ1) is 20.3. The SMILES string of the molecule is CO[C@]12CC[C@@]3(C[C@@H]1[C@](C)(O)C(C)(C)C)[C@H]1Cc4ccc(OC(=O)CCCCC(=O)O)c5c4[C@@]3(CCN1CC1CC1)[C@H]2O5.Cl. The minimum Gasteiger partial charge on any atom is -0.482 e. The van der Waals surface area contributed by atoms with Crippen LogP contribution in [0.2, 0.25) is 0 Å². The average Bonchev–Trinajstić information content (AvgIpc) is 3.69. The van der Waals surface area contributed by atoms with Gasteiger partial charge in [0.1, 0.15) is 11.7 Å². The predicted molar refractivity (Wildman–Crippen MR) is 168 cm³/mol. The molecule has 1 saturated heterocycles. The summed E-state index contributed by atoms with van der Waals surface area (Å²) in [4.78, 5) is 26.7. The molecule has 7 aliphatic rings. The Morgan fingerprint density at radius 1 is 1.09 bits per heavy atom. The zero-order chi connectivity index (χ0) is 30.6. The Labute approximate surface area is 267 Å². The van der Waals surface area contributed by atoms with Gasteiger partial charge in [0, 0.05) is 54.8 Å². The molecule has 1 aromatic carbocycles. The number of aliphatic hydroxyl groups is 1. The Kier molecular flexibility index (Phi) is 7.71. The molecule has 0 aromatic heterocycles. The molecule has 0 unspecified atom stereocenters. The normalized spacial score (nSPS) is 36.1. The number of hydrogen-bond donors (Lipinski definition) is 2. The number of fused-ring (bicyclic) bond motifs is 2. The van der Waals surface area contributed by atoms with Crippen LogP contribution in [0.25, 0.3) is 0 Å². The van der Waals surface area contributed by atoms with Crippen LogP contribution in [-0.2, 0) is 26.2 Å². The second-order valence-corrected chi connectivity index (χ2v) is 15.8. The number of rotatable bonds is 10. The van der Waals surface area contributed by atoms with Gasteiger partial charge in [-0.3, -0.25) is 14.5 Å². The summed E-state index contributed by atoms with van der Waals surface area (Å²) < 4.78 is 19.8. The third kappa shape index (κ3) is 4.26. The number of carbonyl (C=O) groups excluding carboxylic acids is 1. The lowest BCUT2D eigenvalue weighted by atomic mass is 9.33. The number of ether oxygens (including phenoxy) is 3. The molecule has 9 heteroatoms. The van der Waals surface area contributed by atoms with Crippen LogP contribution in [0, 0.1) is 22.7 Å². The number of likely N-dealkylation sites (tertiary alicyclic amines) is 1. The minimum absolute atomic E-state index is 0. The molecule has 244 valence electrons. The molecule has 0 amide bonds. The molecule has 5 fully saturated rings. The van der Waals surface area contributed by atoms with Crippen LogP contribution in [-0.4, -0.2) is 70.6 Å². The smallest absolute Gasteiger partial charge is 0.311 e. The highest BCUT2D eigenvalue weighted by Gasteiger charge is 2.82. The van der Waals surface area contributed by atoms with Crippen molar-refractivity contribution in [3.05, 3.63) is 23.3 Å². The van der Waals surface area contributed by atoms with E-state index in [2.05, 4.69) is 31.7 Å². The Morgan fingerprint density at radius 3 is 2.48 bits per heavy atom. The van der Waals surface area contributed by atoms with Gasteiger partial charge in [-0.1, -0.05) is 26.8 Å². The van der Waals surface area contributed by atoms with Crippen molar-refractivity contribution >= 4 is 24.3 Å². The Bertz CT molecular complexity index is 1340. The summed E-state index contributed by atoms with van der Waals surface area (Å²) >= 11 is 0. The van der Waals surface area contributed by atoms with Crippen LogP contribution in [0.3, 0.4) is 0 Å². The van der Waals surface area contributed by atoms with Gasteiger partial charge in [0.15, 0.2) is 11.5 Å². The summed E-state index contributed by atoms with van der Waals surface area (Å²) in [5, 5.41) is 21.3. The summed E-state index contributed by atoms with van der Waals surface area (Å²) in [6.07, 6.45) is 8.18. The van der Waals surface area contributed by atoms with Crippen molar-refractivity contribution in [3.8, 4) is 11.5 Å². The van der Waals surface area contributed by atoms with Crippen molar-refractivity contribution in [2.75, 3.05) is 20.2 Å². The number of carboxylic acid groups (broad SMARTS) is 1. The number of carboxylic acids is 1. The van der Waals surface area contributed by atoms with E-state index in [0.29, 0.717) is 30.4 Å². The van der Waals surface area contributed by atoms with Crippen molar-refractivity contribution in [2.24, 2.45) is 22.7 Å². The van der Waals surface area contributed by atoms with E-state index in [9.17, 15) is 14.7 Å². The third-order valence-electron chi connectivity index (χ3n) is 13.1. The van der Waals surface area contributed by atoms with Crippen molar-refractivity contribution in [1.82, 2.24) is 4.90 Å². The van der Waals surface area contributed by atoms with Crippen LogP contribution in [0.15, 0.2) is 12.1 Å². The van der Waals surface area contributed by atoms with E-state index in [-0.39, 0.29) is 59.5 Å². The number of carbonyl (C=O) groups is 2. The van der Waals surface area contributed by atoms with Gasteiger partial charge in [0.05, 0.1) is 5.60 Å². The maximum atomic E-state index is 13.0. The highest BCUT2D eigenvalue weighted by atomic mass is 35.5. The highest BCUT2D eigenvalue weighted by molar-refractivity contribution is 5.85. The van der Waals surface area contributed by atoms with Crippen LogP contribution >= 0.6 is 12.4 Å². The second kappa shape index (κ2) is 10.6. The molecule has 2 aliphatic heterocycles. The van der Waals surface area contributed by atoms with Gasteiger partial charge >= 0.3 is 11.9 Å². The Balaban J connectivity index is 0.00000343. The first-order valence-corrected chi connectivity index (χ1v) is 16.6. The number of hydrogen-bond acceptors (Lipinski definition) is 7. The molecule has 8 rings (SSSR count). The van der Waals surface area contributed by atoms with Gasteiger partial charge in [-0.2, -0.15) is 0 Å². The molecule has 7 atom stereocenters. The summed E-state index contributed by atoms with van der Waals surface area (Å²) in [7, 11) is 1.80. The summed E-state index contributed by atoms with van der Waals surface area (Å²) in [5.41, 5.74) is 0.176. The number of aliphatic carboxylic acids is 1. The Hall–Kier alpha value is -1.87. The van der Waals surface area contributed by atoms with E-state index >= 15 is 0 Å². The van der Waals surface area contributed by atoms with E-state index in [1.54, 1.807) is 7.11 Å². The van der Waals surface area contributed by atoms with Crippen LogP contribution < -0.4 is 9.47 Å². The fourth-order valence-corrected chi connectivity index (χ4v) is 10.4. The average molecular weight is 632 g/mol. The summed E-state index contributed by atoms with van der Waals surface area (Å²) in [6.45, 7) is 10.6. The summed E-state index contributed by atoms with van der Waals surface area (Å²) in [6, 6.07) is 4.44. The first kappa shape index (κ1) is 32.1. The van der Waals surface area contributed by atoms with Crippen LogP contribution in [0.4, 0.5) is 0 Å². The van der Waals surface area contributed by atoms with Gasteiger partial charge in [-0.05, 0) is 94.2 Å². The molecule has 2 spiro atoms. The van der Waals surface area contributed by atoms with Crippen LogP contribution in [0.1, 0.15) is 103 Å². The minimum atomic E-state index is -0.989. The van der Waals surface area contributed by atoms with Gasteiger partial charge in [-0.15, -0.1) is 12.4 Å². The molecule has 8 nitrogen and oxygen atoms in total. The van der Waals surface area contributed by atoms with Gasteiger partial charge < -0.3 is 24.4 Å². The van der Waals surface area contributed by atoms with E-state index in [0.717, 1.165) is 51.1 Å². The van der Waals surface area contributed by atoms with Crippen molar-refractivity contribution in [3.63, 3.8) is 0 Å². The zero-order valence-corrected chi connectivity index (χ0v) is 27.8. The number of benzene rings is 1. The maximum Gasteiger partial charge on any atom is 0.311 e. The number of esters is 1. The molecular weight excluding hydrogens is 582 g/mol. The zero-order valence-electron chi connectivity index (χ0n) is 26.9. The first-order valence-electron chi connectivity index (χ1n) is 16.6. The fourth-order valence-electron chi connectivity index (χ4n) is 10.4. The monoisotopic (exact) mass is 631 g/mol. The highest BCUT2D eigenvalue weighted by Crippen LogP contribution is 2.78. The molecule has 44 heavy (non-hydrogen) atoms. The van der Waals surface area contributed by atoms with E-state index in [4.69, 9.17) is 19.3 Å². The lowest BCUT2D eigenvalue weighted by Gasteiger charge is -2.75. The number of piperidine rings is 1. The predicted octanol–water partition coefficient (Wildman–Crippen LogP) is 5.68. The van der Waals surface area contributed by atoms with Crippen molar-refractivity contribution in [1.29, 1.82) is 0 Å². The standard InChI is InChI=1S/C35H49NO7.ClH/c1-31(2,3)32(4,40)24-19-33-14-15-35(24,41-5)30-34(33)16-17-36(20-21-10-11-21)25(33)18-22-12-13-23(29(43-30)28(22)34)42-27(39)9-7-6-8-26(37)38;/h12-13,21,24-25,30,40H,6-11,14-20H2,1-5H3,(H,37,38);1H/t24-,25-,30-,32+,33-,34+,35-;/m1./s1. The molecule has 2 N–H and O–H groups in total. The van der Waals surface area contributed by atoms with Gasteiger partial charge in [0.2, 0.25) is 0 Å². The van der Waals surface area contributed by atoms with Gasteiger partial charge in [-0.25, -0.2) is 0 Å². The summed E-state index contributed by atoms with van der Waals surface area (Å²) in [5.74, 6) is 0.625. The quantitative estimate of drug-likeness (QED) is 0.193. The third-order valence-corrected chi connectivity index (χ3v) is 13.1. The number of methoxy groups -OCH3 is 1.